The zero-order chi connectivity index (χ0) is 24.2. The summed E-state index contributed by atoms with van der Waals surface area (Å²) in [5, 5.41) is 0.0924. The maximum absolute atomic E-state index is 13.7. The van der Waals surface area contributed by atoms with Gasteiger partial charge in [-0.15, -0.1) is 0 Å². The lowest BCUT2D eigenvalue weighted by molar-refractivity contribution is 0.0731. The van der Waals surface area contributed by atoms with Gasteiger partial charge >= 0.3 is 0 Å². The fourth-order valence-corrected chi connectivity index (χ4v) is 6.05. The Bertz CT molecular complexity index is 1090. The van der Waals surface area contributed by atoms with Crippen molar-refractivity contribution in [3.8, 4) is 0 Å². The van der Waals surface area contributed by atoms with E-state index in [9.17, 15) is 17.6 Å². The molecular weight excluding hydrogens is 465 g/mol. The van der Waals surface area contributed by atoms with Gasteiger partial charge in [0.2, 0.25) is 10.0 Å². The van der Waals surface area contributed by atoms with Gasteiger partial charge < -0.3 is 9.80 Å². The Morgan fingerprint density at radius 1 is 1.18 bits per heavy atom. The maximum Gasteiger partial charge on any atom is 0.254 e. The third-order valence-corrected chi connectivity index (χ3v) is 8.13. The fourth-order valence-electron chi connectivity index (χ4n) is 3.95. The largest absolute Gasteiger partial charge is 0.333 e. The zero-order valence-corrected chi connectivity index (χ0v) is 20.9. The minimum Gasteiger partial charge on any atom is -0.333 e. The molecule has 0 aromatic heterocycles. The van der Waals surface area contributed by atoms with Crippen LogP contribution in [-0.4, -0.2) is 68.7 Å². The predicted molar refractivity (Wildman–Crippen MR) is 128 cm³/mol. The molecule has 2 aromatic carbocycles. The van der Waals surface area contributed by atoms with Crippen molar-refractivity contribution in [2.75, 3.05) is 40.3 Å². The summed E-state index contributed by atoms with van der Waals surface area (Å²) in [4.78, 5) is 16.9. The van der Waals surface area contributed by atoms with E-state index in [1.165, 1.54) is 34.6 Å². The molecule has 0 spiro atoms. The average Bonchev–Trinajstić information content (AvgIpc) is 2.76. The first-order valence-corrected chi connectivity index (χ1v) is 12.9. The van der Waals surface area contributed by atoms with Crippen molar-refractivity contribution in [1.29, 1.82) is 0 Å². The summed E-state index contributed by atoms with van der Waals surface area (Å²) in [6.07, 6.45) is 1.78. The van der Waals surface area contributed by atoms with Crippen LogP contribution in [0.15, 0.2) is 47.4 Å². The van der Waals surface area contributed by atoms with Crippen molar-refractivity contribution in [3.63, 3.8) is 0 Å². The summed E-state index contributed by atoms with van der Waals surface area (Å²) in [5.41, 5.74) is 0.893. The molecule has 3 rings (SSSR count). The lowest BCUT2D eigenvalue weighted by Gasteiger charge is -2.30. The van der Waals surface area contributed by atoms with E-state index < -0.39 is 10.0 Å². The van der Waals surface area contributed by atoms with Gasteiger partial charge in [0.1, 0.15) is 10.7 Å². The van der Waals surface area contributed by atoms with Crippen molar-refractivity contribution in [3.05, 3.63) is 64.4 Å². The van der Waals surface area contributed by atoms with Crippen LogP contribution in [0.1, 0.15) is 35.7 Å². The molecule has 180 valence electrons. The van der Waals surface area contributed by atoms with E-state index in [4.69, 9.17) is 11.6 Å². The lowest BCUT2D eigenvalue weighted by atomic mass is 10.0. The van der Waals surface area contributed by atoms with Gasteiger partial charge in [0, 0.05) is 38.3 Å². The van der Waals surface area contributed by atoms with Crippen LogP contribution >= 0.6 is 11.6 Å². The van der Waals surface area contributed by atoms with Crippen molar-refractivity contribution < 1.29 is 17.6 Å². The summed E-state index contributed by atoms with van der Waals surface area (Å²) >= 11 is 6.29. The smallest absolute Gasteiger partial charge is 0.254 e. The molecule has 0 saturated carbocycles. The second-order valence-corrected chi connectivity index (χ2v) is 11.2. The van der Waals surface area contributed by atoms with Gasteiger partial charge in [-0.25, -0.2) is 12.8 Å². The van der Waals surface area contributed by atoms with Crippen molar-refractivity contribution in [2.24, 2.45) is 5.92 Å². The van der Waals surface area contributed by atoms with Crippen LogP contribution in [-0.2, 0) is 16.6 Å². The van der Waals surface area contributed by atoms with Gasteiger partial charge in [0.05, 0.1) is 5.02 Å². The molecule has 0 aliphatic carbocycles. The number of likely N-dealkylation sites (N-methyl/N-ethyl adjacent to an activating group) is 1. The fraction of sp³-hybridized carbons (Fsp3) is 0.458. The molecule has 1 unspecified atom stereocenters. The van der Waals surface area contributed by atoms with Crippen molar-refractivity contribution in [1.82, 2.24) is 14.1 Å². The van der Waals surface area contributed by atoms with Gasteiger partial charge in [-0.05, 0) is 68.8 Å². The summed E-state index contributed by atoms with van der Waals surface area (Å²) in [5.74, 6) is -0.436. The molecular formula is C24H31ClFN3O3S. The molecule has 33 heavy (non-hydrogen) atoms. The number of benzene rings is 2. The Morgan fingerprint density at radius 3 is 2.61 bits per heavy atom. The summed E-state index contributed by atoms with van der Waals surface area (Å²) in [6.45, 7) is 4.11. The van der Waals surface area contributed by atoms with Gasteiger partial charge in [0.15, 0.2) is 0 Å². The van der Waals surface area contributed by atoms with Crippen LogP contribution in [0, 0.1) is 11.7 Å². The zero-order valence-electron chi connectivity index (χ0n) is 19.3. The molecule has 0 bridgehead atoms. The van der Waals surface area contributed by atoms with Crippen LogP contribution in [0.3, 0.4) is 0 Å². The minimum absolute atomic E-state index is 0.0533. The molecule has 1 aliphatic rings. The van der Waals surface area contributed by atoms with E-state index in [1.54, 1.807) is 17.0 Å². The maximum atomic E-state index is 13.7. The van der Waals surface area contributed by atoms with Crippen LogP contribution in [0.5, 0.6) is 0 Å². The Morgan fingerprint density at radius 2 is 1.94 bits per heavy atom. The highest BCUT2D eigenvalue weighted by Gasteiger charge is 2.31. The van der Waals surface area contributed by atoms with Gasteiger partial charge in [-0.1, -0.05) is 30.7 Å². The average molecular weight is 496 g/mol. The number of piperidine rings is 1. The van der Waals surface area contributed by atoms with E-state index in [2.05, 4.69) is 0 Å². The quantitative estimate of drug-likeness (QED) is 0.553. The molecule has 9 heteroatoms. The van der Waals surface area contributed by atoms with E-state index in [1.807, 2.05) is 25.9 Å². The van der Waals surface area contributed by atoms with Crippen molar-refractivity contribution in [2.45, 2.75) is 31.2 Å². The monoisotopic (exact) mass is 495 g/mol. The SMILES string of the molecule is CC1CCCN(S(=O)(=O)c2cc(C(=O)N(CCN(C)C)Cc3cccc(F)c3)ccc2Cl)C1. The number of amides is 1. The first-order chi connectivity index (χ1) is 15.6. The third kappa shape index (κ3) is 6.53. The van der Waals surface area contributed by atoms with Gasteiger partial charge in [-0.2, -0.15) is 4.31 Å². The number of rotatable bonds is 8. The van der Waals surface area contributed by atoms with E-state index in [-0.39, 0.29) is 39.7 Å². The lowest BCUT2D eigenvalue weighted by Crippen LogP contribution is -2.39. The van der Waals surface area contributed by atoms with E-state index in [0.29, 0.717) is 31.7 Å². The molecule has 1 aliphatic heterocycles. The molecule has 1 heterocycles. The topological polar surface area (TPSA) is 60.9 Å². The van der Waals surface area contributed by atoms with Crippen LogP contribution < -0.4 is 0 Å². The number of hydrogen-bond acceptors (Lipinski definition) is 4. The van der Waals surface area contributed by atoms with Crippen LogP contribution in [0.2, 0.25) is 5.02 Å². The van der Waals surface area contributed by atoms with Crippen molar-refractivity contribution >= 4 is 27.5 Å². The first kappa shape index (κ1) is 25.6. The highest BCUT2D eigenvalue weighted by Crippen LogP contribution is 2.29. The van der Waals surface area contributed by atoms with Crippen LogP contribution in [0.4, 0.5) is 4.39 Å². The molecule has 1 atom stereocenters. The van der Waals surface area contributed by atoms with E-state index in [0.717, 1.165) is 12.8 Å². The Labute approximate surface area is 201 Å². The van der Waals surface area contributed by atoms with E-state index >= 15 is 0 Å². The molecule has 0 N–H and O–H groups in total. The highest BCUT2D eigenvalue weighted by molar-refractivity contribution is 7.89. The normalized spacial score (nSPS) is 17.3. The summed E-state index contributed by atoms with van der Waals surface area (Å²) in [6, 6.07) is 10.5. The number of carbonyl (C=O) groups is 1. The molecule has 1 amide bonds. The number of nitrogens with zero attached hydrogens (tertiary/aromatic N) is 3. The van der Waals surface area contributed by atoms with Gasteiger partial charge in [-0.3, -0.25) is 4.79 Å². The minimum atomic E-state index is -3.82. The second-order valence-electron chi connectivity index (χ2n) is 8.92. The molecule has 1 fully saturated rings. The Kier molecular flexibility index (Phi) is 8.50. The third-order valence-electron chi connectivity index (χ3n) is 5.78. The number of sulfonamides is 1. The number of carbonyl (C=O) groups excluding carboxylic acids is 1. The molecule has 0 radical (unpaired) electrons. The predicted octanol–water partition coefficient (Wildman–Crippen LogP) is 4.10. The number of hydrogen-bond donors (Lipinski definition) is 0. The Hall–Kier alpha value is -2.00. The summed E-state index contributed by atoms with van der Waals surface area (Å²) in [7, 11) is -0.0243. The summed E-state index contributed by atoms with van der Waals surface area (Å²) < 4.78 is 41.8. The molecule has 2 aromatic rings. The van der Waals surface area contributed by atoms with Crippen LogP contribution in [0.25, 0.3) is 0 Å². The molecule has 6 nitrogen and oxygen atoms in total. The standard InChI is InChI=1S/C24H31ClFN3O3S/c1-18-6-5-11-29(16-18)33(31,32)23-15-20(9-10-22(23)25)24(30)28(13-12-27(2)3)17-19-7-4-8-21(26)14-19/h4,7-10,14-15,18H,5-6,11-13,16-17H2,1-3H3. The highest BCUT2D eigenvalue weighted by atomic mass is 35.5. The first-order valence-electron chi connectivity index (χ1n) is 11.1. The van der Waals surface area contributed by atoms with Gasteiger partial charge in [0.25, 0.3) is 5.91 Å². The molecule has 1 saturated heterocycles. The Balaban J connectivity index is 1.91. The number of halogens is 2. The second kappa shape index (κ2) is 11.0.